The summed E-state index contributed by atoms with van der Waals surface area (Å²) >= 11 is 0. The number of hydrogen-bond donors (Lipinski definition) is 0. The van der Waals surface area contributed by atoms with Crippen LogP contribution in [-0.2, 0) is 6.18 Å². The molecule has 0 aliphatic carbocycles. The number of anilines is 1. The minimum atomic E-state index is -4.62. The first-order valence-corrected chi connectivity index (χ1v) is 14.4. The van der Waals surface area contributed by atoms with Crippen LogP contribution in [0.3, 0.4) is 0 Å². The van der Waals surface area contributed by atoms with Crippen molar-refractivity contribution in [3.8, 4) is 22.9 Å². The van der Waals surface area contributed by atoms with Crippen molar-refractivity contribution in [2.45, 2.75) is 38.1 Å². The summed E-state index contributed by atoms with van der Waals surface area (Å²) < 4.78 is 48.2. The average Bonchev–Trinajstić information content (AvgIpc) is 3.53. The molecular formula is C36H28F3N3O2. The van der Waals surface area contributed by atoms with E-state index in [1.165, 1.54) is 12.3 Å². The number of aromatic nitrogens is 1. The molecule has 2 atom stereocenters. The molecule has 0 bridgehead atoms. The molecule has 0 saturated carbocycles. The van der Waals surface area contributed by atoms with Crippen molar-refractivity contribution in [1.29, 1.82) is 5.26 Å². The lowest BCUT2D eigenvalue weighted by Gasteiger charge is -2.23. The first-order chi connectivity index (χ1) is 21.2. The van der Waals surface area contributed by atoms with Crippen LogP contribution in [0.2, 0.25) is 0 Å². The number of halogens is 3. The number of rotatable bonds is 7. The van der Waals surface area contributed by atoms with Crippen molar-refractivity contribution in [3.63, 3.8) is 0 Å². The monoisotopic (exact) mass is 591 g/mol. The highest BCUT2D eigenvalue weighted by Crippen LogP contribution is 2.40. The van der Waals surface area contributed by atoms with Crippen molar-refractivity contribution < 1.29 is 22.7 Å². The second-order valence-electron chi connectivity index (χ2n) is 10.8. The lowest BCUT2D eigenvalue weighted by Crippen LogP contribution is -2.27. The van der Waals surface area contributed by atoms with Gasteiger partial charge in [0, 0.05) is 40.5 Å². The molecule has 2 unspecified atom stereocenters. The van der Waals surface area contributed by atoms with E-state index in [0.29, 0.717) is 22.4 Å². The van der Waals surface area contributed by atoms with Crippen LogP contribution in [0.5, 0.6) is 5.75 Å². The van der Waals surface area contributed by atoms with E-state index >= 15 is 0 Å². The Morgan fingerprint density at radius 2 is 1.75 bits per heavy atom. The van der Waals surface area contributed by atoms with Crippen LogP contribution in [0.15, 0.2) is 103 Å². The first kappa shape index (κ1) is 28.9. The molecule has 5 nitrogen and oxygen atoms in total. The number of pyridine rings is 1. The quantitative estimate of drug-likeness (QED) is 0.177. The SMILES string of the molecule is CC(Oc1cccc(-c2c(C(=O)c3ccccc3)cnc3c(C(F)(F)F)cccc23)c1)c1ccc(N2CCCC2C#N)cc1. The predicted octanol–water partition coefficient (Wildman–Crippen LogP) is 8.78. The minimum Gasteiger partial charge on any atom is -0.486 e. The number of hydrogen-bond acceptors (Lipinski definition) is 5. The molecule has 0 spiro atoms. The molecule has 5 aromatic rings. The maximum atomic E-state index is 14.0. The Labute approximate surface area is 253 Å². The number of alkyl halides is 3. The van der Waals surface area contributed by atoms with E-state index in [1.807, 2.05) is 31.2 Å². The van der Waals surface area contributed by atoms with Crippen molar-refractivity contribution in [3.05, 3.63) is 126 Å². The van der Waals surface area contributed by atoms with E-state index in [-0.39, 0.29) is 34.4 Å². The highest BCUT2D eigenvalue weighted by molar-refractivity contribution is 6.16. The highest BCUT2D eigenvalue weighted by Gasteiger charge is 2.34. The molecule has 8 heteroatoms. The van der Waals surface area contributed by atoms with E-state index in [1.54, 1.807) is 60.7 Å². The van der Waals surface area contributed by atoms with Crippen LogP contribution in [0.1, 0.15) is 52.9 Å². The number of nitrogens with zero attached hydrogens (tertiary/aromatic N) is 3. The van der Waals surface area contributed by atoms with Crippen LogP contribution in [-0.4, -0.2) is 23.4 Å². The Balaban J connectivity index is 1.37. The van der Waals surface area contributed by atoms with Crippen molar-refractivity contribution in [2.75, 3.05) is 11.4 Å². The van der Waals surface area contributed by atoms with Crippen LogP contribution in [0.25, 0.3) is 22.0 Å². The maximum absolute atomic E-state index is 14.0. The molecule has 1 aliphatic heterocycles. The van der Waals surface area contributed by atoms with Gasteiger partial charge in [0.05, 0.1) is 17.1 Å². The Hall–Kier alpha value is -5.16. The van der Waals surface area contributed by atoms with Gasteiger partial charge in [-0.05, 0) is 61.2 Å². The van der Waals surface area contributed by atoms with Gasteiger partial charge in [-0.2, -0.15) is 18.4 Å². The standard InChI is InChI=1S/C36H28F3N3O2/c1-23(24-15-17-27(18-16-24)42-19-7-11-28(42)21-40)44-29-12-5-10-26(20-29)33-30-13-6-14-32(36(37,38)39)34(30)41-22-31(33)35(43)25-8-3-2-4-9-25/h2-6,8-10,12-18,20,22-23,28H,7,11,19H2,1H3. The van der Waals surface area contributed by atoms with E-state index in [2.05, 4.69) is 16.0 Å². The number of ether oxygens (including phenoxy) is 1. The minimum absolute atomic E-state index is 0.118. The third-order valence-electron chi connectivity index (χ3n) is 8.01. The normalized spacial score (nSPS) is 15.6. The molecule has 1 aromatic heterocycles. The number of fused-ring (bicyclic) bond motifs is 1. The lowest BCUT2D eigenvalue weighted by molar-refractivity contribution is -0.136. The molecule has 2 heterocycles. The van der Waals surface area contributed by atoms with Crippen LogP contribution >= 0.6 is 0 Å². The van der Waals surface area contributed by atoms with Crippen LogP contribution < -0.4 is 9.64 Å². The van der Waals surface area contributed by atoms with Crippen molar-refractivity contribution in [1.82, 2.24) is 4.98 Å². The zero-order valence-electron chi connectivity index (χ0n) is 23.9. The molecule has 0 N–H and O–H groups in total. The number of benzene rings is 4. The van der Waals surface area contributed by atoms with Gasteiger partial charge in [-0.3, -0.25) is 9.78 Å². The van der Waals surface area contributed by atoms with E-state index in [9.17, 15) is 23.2 Å². The highest BCUT2D eigenvalue weighted by atomic mass is 19.4. The molecule has 4 aromatic carbocycles. The van der Waals surface area contributed by atoms with Gasteiger partial charge in [-0.15, -0.1) is 0 Å². The van der Waals surface area contributed by atoms with E-state index in [0.717, 1.165) is 36.7 Å². The summed E-state index contributed by atoms with van der Waals surface area (Å²) in [5, 5.41) is 9.66. The Bertz CT molecular complexity index is 1860. The number of carbonyl (C=O) groups excluding carboxylic acids is 1. The summed E-state index contributed by atoms with van der Waals surface area (Å²) in [5.74, 6) is 0.155. The summed E-state index contributed by atoms with van der Waals surface area (Å²) in [5.41, 5.74) is 2.32. The molecule has 1 aliphatic rings. The zero-order valence-corrected chi connectivity index (χ0v) is 23.9. The van der Waals surface area contributed by atoms with E-state index < -0.39 is 11.7 Å². The fourth-order valence-electron chi connectivity index (χ4n) is 5.82. The van der Waals surface area contributed by atoms with Gasteiger partial charge in [-0.25, -0.2) is 0 Å². The topological polar surface area (TPSA) is 66.2 Å². The molecule has 220 valence electrons. The van der Waals surface area contributed by atoms with Crippen LogP contribution in [0.4, 0.5) is 18.9 Å². The number of para-hydroxylation sites is 1. The second-order valence-corrected chi connectivity index (χ2v) is 10.8. The van der Waals surface area contributed by atoms with Gasteiger partial charge in [-0.1, -0.05) is 66.7 Å². The van der Waals surface area contributed by atoms with E-state index in [4.69, 9.17) is 4.74 Å². The fourth-order valence-corrected chi connectivity index (χ4v) is 5.82. The van der Waals surface area contributed by atoms with Gasteiger partial charge in [0.25, 0.3) is 0 Å². The average molecular weight is 592 g/mol. The summed E-state index contributed by atoms with van der Waals surface area (Å²) in [6.45, 7) is 2.76. The van der Waals surface area contributed by atoms with Gasteiger partial charge in [0.1, 0.15) is 17.9 Å². The molecule has 1 saturated heterocycles. The molecule has 0 amide bonds. The fraction of sp³-hybridized carbons (Fsp3) is 0.194. The van der Waals surface area contributed by atoms with Gasteiger partial charge >= 0.3 is 6.18 Å². The third kappa shape index (κ3) is 5.61. The van der Waals surface area contributed by atoms with Gasteiger partial charge in [0.15, 0.2) is 5.78 Å². The zero-order chi connectivity index (χ0) is 30.8. The number of nitriles is 1. The van der Waals surface area contributed by atoms with Crippen molar-refractivity contribution in [2.24, 2.45) is 0 Å². The Kier molecular flexibility index (Phi) is 7.79. The predicted molar refractivity (Wildman–Crippen MR) is 164 cm³/mol. The van der Waals surface area contributed by atoms with Crippen molar-refractivity contribution >= 4 is 22.4 Å². The summed E-state index contributed by atoms with van der Waals surface area (Å²) in [4.78, 5) is 19.9. The Morgan fingerprint density at radius 1 is 1.00 bits per heavy atom. The maximum Gasteiger partial charge on any atom is 0.418 e. The van der Waals surface area contributed by atoms with Crippen LogP contribution in [0, 0.1) is 11.3 Å². The molecule has 44 heavy (non-hydrogen) atoms. The summed E-state index contributed by atoms with van der Waals surface area (Å²) in [6.07, 6.45) is -1.89. The van der Waals surface area contributed by atoms with Gasteiger partial charge in [0.2, 0.25) is 0 Å². The second kappa shape index (κ2) is 11.8. The molecule has 1 fully saturated rings. The molecular weight excluding hydrogens is 563 g/mol. The smallest absolute Gasteiger partial charge is 0.418 e. The molecule has 6 rings (SSSR count). The largest absolute Gasteiger partial charge is 0.486 e. The number of ketones is 1. The van der Waals surface area contributed by atoms with Gasteiger partial charge < -0.3 is 9.64 Å². The lowest BCUT2D eigenvalue weighted by atomic mass is 9.91. The summed E-state index contributed by atoms with van der Waals surface area (Å²) in [7, 11) is 0. The Morgan fingerprint density at radius 3 is 2.48 bits per heavy atom. The first-order valence-electron chi connectivity index (χ1n) is 14.4. The summed E-state index contributed by atoms with van der Waals surface area (Å²) in [6, 6.07) is 29.7. The third-order valence-corrected chi connectivity index (χ3v) is 8.01. The molecule has 0 radical (unpaired) electrons. The number of carbonyl (C=O) groups is 1.